The lowest BCUT2D eigenvalue weighted by Crippen LogP contribution is -2.81. The molecule has 1 aliphatic heterocycles. The first-order chi connectivity index (χ1) is 38.7. The van der Waals surface area contributed by atoms with Crippen LogP contribution in [0.5, 0.6) is 0 Å². The van der Waals surface area contributed by atoms with Crippen molar-refractivity contribution in [1.82, 2.24) is 5.06 Å². The van der Waals surface area contributed by atoms with Crippen LogP contribution in [0.1, 0.15) is 363 Å². The van der Waals surface area contributed by atoms with Gasteiger partial charge in [-0.3, -0.25) is 38.4 Å². The summed E-state index contributed by atoms with van der Waals surface area (Å²) in [4.78, 5) is 147. The van der Waals surface area contributed by atoms with E-state index in [9.17, 15) is 9.59 Å². The fourth-order valence-corrected chi connectivity index (χ4v) is 12.2. The van der Waals surface area contributed by atoms with Crippen molar-refractivity contribution < 1.29 is 48.0 Å². The number of hydrogen-bond acceptors (Lipinski definition) is 11. The van der Waals surface area contributed by atoms with Crippen molar-refractivity contribution in [2.75, 3.05) is 0 Å². The number of hydroxylamine groups is 2. The van der Waals surface area contributed by atoms with Gasteiger partial charge in [0.2, 0.25) is 5.41 Å². The number of Topliss-reactive ketones (excluding diaryl/α,β-unsaturated/α-hetero) is 6. The Bertz CT molecular complexity index is 1670. The Morgan fingerprint density at radius 2 is 0.525 bits per heavy atom. The summed E-state index contributed by atoms with van der Waals surface area (Å²) in [5.74, 6) is -9.78. The second-order valence-electron chi connectivity index (χ2n) is 24.0. The summed E-state index contributed by atoms with van der Waals surface area (Å²) in [5.41, 5.74) is -2.24. The fraction of sp³-hybridized carbons (Fsp3) is 0.868. The van der Waals surface area contributed by atoms with Crippen LogP contribution < -0.4 is 5.73 Å². The second-order valence-corrected chi connectivity index (χ2v) is 24.0. The monoisotopic (exact) mass is 1120 g/mol. The van der Waals surface area contributed by atoms with Crippen LogP contribution in [0.15, 0.2) is 0 Å². The number of imide groups is 1. The maximum Gasteiger partial charge on any atom is 0.355 e. The van der Waals surface area contributed by atoms with Crippen LogP contribution in [0.2, 0.25) is 0 Å². The van der Waals surface area contributed by atoms with Crippen LogP contribution in [0.25, 0.3) is 0 Å². The summed E-state index contributed by atoms with van der Waals surface area (Å²) in [6.45, 7) is 12.8. The van der Waals surface area contributed by atoms with E-state index in [1.165, 1.54) is 0 Å². The number of nitrogens with zero attached hydrogens (tertiary/aromatic N) is 1. The van der Waals surface area contributed by atoms with E-state index in [0.717, 1.165) is 193 Å². The van der Waals surface area contributed by atoms with Crippen LogP contribution >= 0.6 is 0 Å². The first-order valence-corrected chi connectivity index (χ1v) is 33.8. The molecule has 1 heterocycles. The van der Waals surface area contributed by atoms with Crippen molar-refractivity contribution in [3.63, 3.8) is 0 Å². The summed E-state index contributed by atoms with van der Waals surface area (Å²) in [5, 5.41) is 0.254. The lowest BCUT2D eigenvalue weighted by atomic mass is 9.44. The molecule has 462 valence electrons. The molecule has 12 heteroatoms. The molecule has 12 nitrogen and oxygen atoms in total. The minimum absolute atomic E-state index is 0.162. The van der Waals surface area contributed by atoms with Gasteiger partial charge in [0.1, 0.15) is 5.41 Å². The molecule has 2 amide bonds. The maximum atomic E-state index is 16.7. The average molecular weight is 1130 g/mol. The smallest absolute Gasteiger partial charge is 0.329 e. The molecule has 1 saturated heterocycles. The van der Waals surface area contributed by atoms with Gasteiger partial charge in [0, 0.05) is 51.4 Å². The van der Waals surface area contributed by atoms with Gasteiger partial charge < -0.3 is 10.6 Å². The minimum Gasteiger partial charge on any atom is -0.329 e. The molecule has 0 atom stereocenters. The minimum atomic E-state index is -3.49. The number of hydrogen-bond donors (Lipinski definition) is 1. The number of carbonyl (C=O) groups excluding carboxylic acids is 9. The summed E-state index contributed by atoms with van der Waals surface area (Å²) < 4.78 is 0. The molecule has 1 rings (SSSR count). The van der Waals surface area contributed by atoms with E-state index in [-0.39, 0.29) is 69.3 Å². The van der Waals surface area contributed by atoms with Gasteiger partial charge >= 0.3 is 5.97 Å². The molecule has 0 unspecified atom stereocenters. The highest BCUT2D eigenvalue weighted by atomic mass is 16.7. The van der Waals surface area contributed by atoms with Crippen molar-refractivity contribution in [2.45, 2.75) is 368 Å². The Labute approximate surface area is 488 Å². The zero-order valence-corrected chi connectivity index (χ0v) is 52.5. The summed E-state index contributed by atoms with van der Waals surface area (Å²) in [6, 6.07) is 0. The molecule has 0 saturated carbocycles. The molecule has 0 bridgehead atoms. The molecule has 0 aromatic heterocycles. The summed E-state index contributed by atoms with van der Waals surface area (Å²) in [7, 11) is 0. The van der Waals surface area contributed by atoms with Crippen molar-refractivity contribution in [3.05, 3.63) is 0 Å². The molecule has 0 radical (unpaired) electrons. The van der Waals surface area contributed by atoms with Crippen molar-refractivity contribution in [1.29, 1.82) is 0 Å². The topological polar surface area (TPSA) is 192 Å². The lowest BCUT2D eigenvalue weighted by molar-refractivity contribution is -0.214. The van der Waals surface area contributed by atoms with E-state index in [1.807, 2.05) is 0 Å². The lowest BCUT2D eigenvalue weighted by Gasteiger charge is -2.52. The number of unbranched alkanes of at least 4 members (excludes halogenated alkanes) is 36. The molecule has 80 heavy (non-hydrogen) atoms. The highest BCUT2D eigenvalue weighted by Crippen LogP contribution is 2.56. The number of rotatable bonds is 58. The van der Waals surface area contributed by atoms with E-state index in [0.29, 0.717) is 38.5 Å². The quantitative estimate of drug-likeness (QED) is 0.0346. The molecule has 2 N–H and O–H groups in total. The van der Waals surface area contributed by atoms with Gasteiger partial charge in [0.15, 0.2) is 40.2 Å². The number of ketones is 6. The Kier molecular flexibility index (Phi) is 42.9. The van der Waals surface area contributed by atoms with Gasteiger partial charge in [0.25, 0.3) is 11.8 Å². The van der Waals surface area contributed by atoms with Crippen molar-refractivity contribution >= 4 is 52.5 Å². The van der Waals surface area contributed by atoms with E-state index >= 15 is 33.6 Å². The van der Waals surface area contributed by atoms with E-state index < -0.39 is 94.5 Å². The van der Waals surface area contributed by atoms with Gasteiger partial charge in [-0.2, -0.15) is 0 Å². The summed E-state index contributed by atoms with van der Waals surface area (Å²) >= 11 is 0. The Morgan fingerprint density at radius 1 is 0.325 bits per heavy atom. The second kappa shape index (κ2) is 46.0. The first kappa shape index (κ1) is 74.6. The number of carbonyl (C=O) groups is 9. The molecule has 0 aromatic rings. The van der Waals surface area contributed by atoms with Gasteiger partial charge in [0.05, 0.1) is 0 Å². The molecular formula is C68H120N2O10. The molecule has 1 aliphatic rings. The van der Waals surface area contributed by atoms with Crippen LogP contribution in [0, 0.1) is 10.8 Å². The van der Waals surface area contributed by atoms with Crippen molar-refractivity contribution in [2.24, 2.45) is 16.6 Å². The standard InChI is InChI=1S/C68H120N2O10/c1-7-13-19-25-31-37-43-49-57(71)66(58(72)50-44-38-32-26-20-14-8-2,65(79)80-70-63(77)55-56-64(70)78)67(59(73)51-45-39-33-27-21-15-9-3,60(74)52-46-40-34-28-22-16-10-4)68(69,61(75)53-47-41-35-29-23-17-11-5)62(76)54-48-42-36-30-24-18-12-6/h7-56,69H2,1-6H3. The first-order valence-electron chi connectivity index (χ1n) is 33.8. The molecule has 0 spiro atoms. The van der Waals surface area contributed by atoms with Crippen molar-refractivity contribution in [3.8, 4) is 0 Å². The molecular weight excluding hydrogens is 1000 g/mol. The predicted molar refractivity (Wildman–Crippen MR) is 325 cm³/mol. The fourth-order valence-electron chi connectivity index (χ4n) is 12.2. The van der Waals surface area contributed by atoms with Gasteiger partial charge in [-0.05, 0) is 38.5 Å². The summed E-state index contributed by atoms with van der Waals surface area (Å²) in [6.07, 6.45) is 29.8. The predicted octanol–water partition coefficient (Wildman–Crippen LogP) is 17.5. The van der Waals surface area contributed by atoms with E-state index in [2.05, 4.69) is 41.5 Å². The van der Waals surface area contributed by atoms with Gasteiger partial charge in [-0.25, -0.2) is 4.79 Å². The Hall–Kier alpha value is -3.41. The largest absolute Gasteiger partial charge is 0.355 e. The third-order valence-electron chi connectivity index (χ3n) is 17.2. The van der Waals surface area contributed by atoms with Crippen LogP contribution in [-0.4, -0.2) is 63.1 Å². The average Bonchev–Trinajstić information content (AvgIpc) is 3.91. The molecule has 0 aliphatic carbocycles. The highest BCUT2D eigenvalue weighted by molar-refractivity contribution is 6.36. The SMILES string of the molecule is CCCCCCCCCC(=O)C(N)(C(=O)CCCCCCCCC)C(C(=O)CCCCCCCCC)(C(=O)CCCCCCCCC)C(C(=O)CCCCCCCCC)(C(=O)CCCCCCCCC)C(=O)ON1C(=O)CCC1=O. The number of nitrogens with two attached hydrogens (primary N) is 1. The maximum absolute atomic E-state index is 16.7. The zero-order chi connectivity index (χ0) is 59.3. The Balaban J connectivity index is 4.74. The normalized spacial score (nSPS) is 13.1. The van der Waals surface area contributed by atoms with Gasteiger partial charge in [-0.1, -0.05) is 273 Å². The molecule has 0 aromatic carbocycles. The van der Waals surface area contributed by atoms with Crippen LogP contribution in [0.3, 0.4) is 0 Å². The third kappa shape index (κ3) is 24.8. The highest BCUT2D eigenvalue weighted by Gasteiger charge is 2.81. The van der Waals surface area contributed by atoms with Gasteiger partial charge in [-0.15, -0.1) is 5.06 Å². The third-order valence-corrected chi connectivity index (χ3v) is 17.2. The van der Waals surface area contributed by atoms with E-state index in [4.69, 9.17) is 10.6 Å². The van der Waals surface area contributed by atoms with E-state index in [1.54, 1.807) is 0 Å². The zero-order valence-electron chi connectivity index (χ0n) is 52.5. The number of amides is 2. The van der Waals surface area contributed by atoms with Crippen LogP contribution in [-0.2, 0) is 48.0 Å². The van der Waals surface area contributed by atoms with Crippen LogP contribution in [0.4, 0.5) is 0 Å². The Morgan fingerprint density at radius 3 is 0.762 bits per heavy atom. The molecule has 1 fully saturated rings.